The van der Waals surface area contributed by atoms with E-state index in [0.29, 0.717) is 18.0 Å². The van der Waals surface area contributed by atoms with E-state index in [9.17, 15) is 9.59 Å². The van der Waals surface area contributed by atoms with Crippen LogP contribution in [-0.4, -0.2) is 47.3 Å². The number of carbonyl (C=O) groups excluding carboxylic acids is 2. The van der Waals surface area contributed by atoms with Crippen LogP contribution in [0.5, 0.6) is 0 Å². The van der Waals surface area contributed by atoms with Crippen molar-refractivity contribution in [2.75, 3.05) is 19.6 Å². The number of carbonyl (C=O) groups is 2. The molecule has 0 N–H and O–H groups in total. The molecule has 24 heavy (non-hydrogen) atoms. The Kier molecular flexibility index (Phi) is 5.59. The van der Waals surface area contributed by atoms with Crippen molar-refractivity contribution in [3.05, 3.63) is 34.3 Å². The summed E-state index contributed by atoms with van der Waals surface area (Å²) in [4.78, 5) is 29.6. The van der Waals surface area contributed by atoms with Crippen LogP contribution in [0.2, 0.25) is 0 Å². The summed E-state index contributed by atoms with van der Waals surface area (Å²) in [6.07, 6.45) is 5.11. The molecular weight excluding hydrogens is 368 g/mol. The first-order valence-corrected chi connectivity index (χ1v) is 9.74. The second-order valence-corrected chi connectivity index (χ2v) is 7.78. The van der Waals surface area contributed by atoms with E-state index in [0.717, 1.165) is 43.2 Å². The highest BCUT2D eigenvalue weighted by molar-refractivity contribution is 9.10. The van der Waals surface area contributed by atoms with Crippen molar-refractivity contribution < 1.29 is 9.59 Å². The lowest BCUT2D eigenvalue weighted by molar-refractivity contribution is -0.137. The molecule has 2 atom stereocenters. The molecule has 5 heteroatoms. The molecule has 2 aliphatic rings. The lowest BCUT2D eigenvalue weighted by Crippen LogP contribution is -2.50. The standard InChI is InChI=1S/C19H25BrN2O2/c1-2-14-5-3-11-21(13-14)19(24)17-6-4-12-22(17)18(23)15-7-9-16(20)10-8-15/h7-10,14,17H,2-6,11-13H2,1H3. The first-order chi connectivity index (χ1) is 11.6. The number of likely N-dealkylation sites (tertiary alicyclic amines) is 2. The Morgan fingerprint density at radius 3 is 2.54 bits per heavy atom. The van der Waals surface area contributed by atoms with Crippen molar-refractivity contribution in [2.45, 2.75) is 45.1 Å². The summed E-state index contributed by atoms with van der Waals surface area (Å²) in [5.41, 5.74) is 0.656. The fourth-order valence-electron chi connectivity index (χ4n) is 3.83. The molecule has 2 unspecified atom stereocenters. The third-order valence-corrected chi connectivity index (χ3v) is 5.83. The Bertz CT molecular complexity index is 602. The van der Waals surface area contributed by atoms with E-state index in [1.54, 1.807) is 4.90 Å². The summed E-state index contributed by atoms with van der Waals surface area (Å²) in [5.74, 6) is 0.734. The number of hydrogen-bond acceptors (Lipinski definition) is 2. The third-order valence-electron chi connectivity index (χ3n) is 5.30. The van der Waals surface area contributed by atoms with Crippen molar-refractivity contribution in [1.82, 2.24) is 9.80 Å². The Morgan fingerprint density at radius 1 is 1.12 bits per heavy atom. The van der Waals surface area contributed by atoms with Crippen LogP contribution >= 0.6 is 15.9 Å². The van der Waals surface area contributed by atoms with E-state index in [1.165, 1.54) is 6.42 Å². The molecule has 1 aromatic carbocycles. The number of halogens is 1. The molecule has 0 radical (unpaired) electrons. The summed E-state index contributed by atoms with van der Waals surface area (Å²) in [7, 11) is 0. The van der Waals surface area contributed by atoms with Gasteiger partial charge >= 0.3 is 0 Å². The lowest BCUT2D eigenvalue weighted by atomic mass is 9.95. The molecule has 1 aromatic rings. The molecule has 0 aromatic heterocycles. The summed E-state index contributed by atoms with van der Waals surface area (Å²) in [6, 6.07) is 7.10. The zero-order valence-electron chi connectivity index (χ0n) is 14.2. The van der Waals surface area contributed by atoms with Gasteiger partial charge in [0.25, 0.3) is 5.91 Å². The molecule has 0 bridgehead atoms. The maximum Gasteiger partial charge on any atom is 0.254 e. The largest absolute Gasteiger partial charge is 0.341 e. The minimum Gasteiger partial charge on any atom is -0.341 e. The predicted molar refractivity (Wildman–Crippen MR) is 97.8 cm³/mol. The zero-order chi connectivity index (χ0) is 17.1. The molecule has 0 aliphatic carbocycles. The average Bonchev–Trinajstić information content (AvgIpc) is 3.11. The van der Waals surface area contributed by atoms with Gasteiger partial charge in [0.1, 0.15) is 6.04 Å². The van der Waals surface area contributed by atoms with Gasteiger partial charge in [-0.05, 0) is 55.9 Å². The SMILES string of the molecule is CCC1CCCN(C(=O)C2CCCN2C(=O)c2ccc(Br)cc2)C1. The quantitative estimate of drug-likeness (QED) is 0.786. The molecule has 3 rings (SSSR count). The fraction of sp³-hybridized carbons (Fsp3) is 0.579. The maximum absolute atomic E-state index is 13.0. The molecular formula is C19H25BrN2O2. The average molecular weight is 393 g/mol. The normalized spacial score (nSPS) is 24.2. The van der Waals surface area contributed by atoms with Gasteiger partial charge in [-0.2, -0.15) is 0 Å². The molecule has 0 saturated carbocycles. The van der Waals surface area contributed by atoms with Crippen LogP contribution in [0.3, 0.4) is 0 Å². The predicted octanol–water partition coefficient (Wildman–Crippen LogP) is 3.70. The van der Waals surface area contributed by atoms with Crippen LogP contribution in [0.15, 0.2) is 28.7 Å². The number of amides is 2. The van der Waals surface area contributed by atoms with Gasteiger partial charge < -0.3 is 9.80 Å². The monoisotopic (exact) mass is 392 g/mol. The van der Waals surface area contributed by atoms with Crippen LogP contribution in [0.1, 0.15) is 49.4 Å². The topological polar surface area (TPSA) is 40.6 Å². The van der Waals surface area contributed by atoms with Crippen molar-refractivity contribution in [3.63, 3.8) is 0 Å². The van der Waals surface area contributed by atoms with Crippen LogP contribution in [-0.2, 0) is 4.79 Å². The van der Waals surface area contributed by atoms with E-state index in [1.807, 2.05) is 29.2 Å². The first kappa shape index (κ1) is 17.5. The van der Waals surface area contributed by atoms with Crippen LogP contribution in [0, 0.1) is 5.92 Å². The van der Waals surface area contributed by atoms with Gasteiger partial charge in [-0.15, -0.1) is 0 Å². The lowest BCUT2D eigenvalue weighted by Gasteiger charge is -2.36. The Labute approximate surface area is 152 Å². The van der Waals surface area contributed by atoms with Crippen LogP contribution in [0.4, 0.5) is 0 Å². The fourth-order valence-corrected chi connectivity index (χ4v) is 4.10. The van der Waals surface area contributed by atoms with Gasteiger partial charge in [-0.1, -0.05) is 29.3 Å². The number of piperidine rings is 1. The van der Waals surface area contributed by atoms with Gasteiger partial charge in [0, 0.05) is 29.7 Å². The van der Waals surface area contributed by atoms with Gasteiger partial charge in [0.05, 0.1) is 0 Å². The Morgan fingerprint density at radius 2 is 1.83 bits per heavy atom. The number of nitrogens with zero attached hydrogens (tertiary/aromatic N) is 2. The second-order valence-electron chi connectivity index (χ2n) is 6.86. The van der Waals surface area contributed by atoms with Crippen molar-refractivity contribution in [1.29, 1.82) is 0 Å². The molecule has 130 valence electrons. The van der Waals surface area contributed by atoms with E-state index in [4.69, 9.17) is 0 Å². The highest BCUT2D eigenvalue weighted by atomic mass is 79.9. The Hall–Kier alpha value is -1.36. The first-order valence-electron chi connectivity index (χ1n) is 8.95. The van der Waals surface area contributed by atoms with Crippen LogP contribution in [0.25, 0.3) is 0 Å². The Balaban J connectivity index is 1.71. The molecule has 2 aliphatic heterocycles. The molecule has 4 nitrogen and oxygen atoms in total. The van der Waals surface area contributed by atoms with E-state index in [2.05, 4.69) is 22.9 Å². The summed E-state index contributed by atoms with van der Waals surface area (Å²) >= 11 is 3.39. The minimum atomic E-state index is -0.281. The summed E-state index contributed by atoms with van der Waals surface area (Å²) < 4.78 is 0.951. The highest BCUT2D eigenvalue weighted by Gasteiger charge is 2.37. The molecule has 2 saturated heterocycles. The molecule has 0 spiro atoms. The maximum atomic E-state index is 13.0. The van der Waals surface area contributed by atoms with Crippen LogP contribution < -0.4 is 0 Å². The number of benzene rings is 1. The number of rotatable bonds is 3. The smallest absolute Gasteiger partial charge is 0.254 e. The molecule has 2 amide bonds. The summed E-state index contributed by atoms with van der Waals surface area (Å²) in [5, 5.41) is 0. The zero-order valence-corrected chi connectivity index (χ0v) is 15.8. The van der Waals surface area contributed by atoms with E-state index < -0.39 is 0 Å². The van der Waals surface area contributed by atoms with Crippen molar-refractivity contribution in [2.24, 2.45) is 5.92 Å². The van der Waals surface area contributed by atoms with Crippen molar-refractivity contribution in [3.8, 4) is 0 Å². The van der Waals surface area contributed by atoms with Gasteiger partial charge in [-0.3, -0.25) is 9.59 Å². The highest BCUT2D eigenvalue weighted by Crippen LogP contribution is 2.26. The third kappa shape index (κ3) is 3.66. The van der Waals surface area contributed by atoms with E-state index in [-0.39, 0.29) is 17.9 Å². The number of hydrogen-bond donors (Lipinski definition) is 0. The summed E-state index contributed by atoms with van der Waals surface area (Å²) in [6.45, 7) is 4.56. The molecule has 2 heterocycles. The second kappa shape index (κ2) is 7.68. The van der Waals surface area contributed by atoms with Gasteiger partial charge in [-0.25, -0.2) is 0 Å². The van der Waals surface area contributed by atoms with Gasteiger partial charge in [0.2, 0.25) is 5.91 Å². The van der Waals surface area contributed by atoms with Crippen molar-refractivity contribution >= 4 is 27.7 Å². The minimum absolute atomic E-state index is 0.0256. The van der Waals surface area contributed by atoms with E-state index >= 15 is 0 Å². The molecule has 2 fully saturated rings. The van der Waals surface area contributed by atoms with Gasteiger partial charge in [0.15, 0.2) is 0 Å².